The predicted molar refractivity (Wildman–Crippen MR) is 73.5 cm³/mol. The summed E-state index contributed by atoms with van der Waals surface area (Å²) in [6.45, 7) is 0. The summed E-state index contributed by atoms with van der Waals surface area (Å²) in [5.41, 5.74) is 3.69. The molecule has 0 saturated carbocycles. The van der Waals surface area contributed by atoms with Crippen molar-refractivity contribution < 1.29 is 4.79 Å². The molecule has 90 valence electrons. The topological polar surface area (TPSA) is 41.1 Å². The molecule has 1 amide bonds. The molecule has 0 atom stereocenters. The molecule has 0 saturated heterocycles. The van der Waals surface area contributed by atoms with Crippen LogP contribution in [0.5, 0.6) is 0 Å². The number of benzene rings is 2. The van der Waals surface area contributed by atoms with Crippen molar-refractivity contribution in [3.8, 4) is 0 Å². The van der Waals surface area contributed by atoms with Gasteiger partial charge >= 0.3 is 0 Å². The third-order valence-electron chi connectivity index (χ3n) is 2.88. The van der Waals surface area contributed by atoms with Gasteiger partial charge in [-0.05, 0) is 35.9 Å². The molecule has 0 radical (unpaired) electrons. The highest BCUT2D eigenvalue weighted by atomic mass is 35.5. The van der Waals surface area contributed by atoms with Crippen LogP contribution >= 0.6 is 11.6 Å². The lowest BCUT2D eigenvalue weighted by Crippen LogP contribution is -2.03. The molecule has 0 fully saturated rings. The van der Waals surface area contributed by atoms with E-state index in [2.05, 4.69) is 10.6 Å². The van der Waals surface area contributed by atoms with E-state index in [4.69, 9.17) is 11.6 Å². The van der Waals surface area contributed by atoms with E-state index in [9.17, 15) is 4.79 Å². The number of para-hydroxylation sites is 1. The summed E-state index contributed by atoms with van der Waals surface area (Å²) in [5, 5.41) is 6.73. The normalized spacial score (nSPS) is 13.1. The van der Waals surface area contributed by atoms with Gasteiger partial charge in [-0.1, -0.05) is 23.7 Å². The van der Waals surface area contributed by atoms with Crippen LogP contribution in [-0.2, 0) is 11.2 Å². The zero-order valence-corrected chi connectivity index (χ0v) is 10.3. The van der Waals surface area contributed by atoms with E-state index >= 15 is 0 Å². The lowest BCUT2D eigenvalue weighted by molar-refractivity contribution is -0.115. The fraction of sp³-hybridized carbons (Fsp3) is 0.0714. The first-order chi connectivity index (χ1) is 8.72. The molecule has 4 heteroatoms. The van der Waals surface area contributed by atoms with Gasteiger partial charge in [0.05, 0.1) is 17.1 Å². The summed E-state index contributed by atoms with van der Waals surface area (Å²) < 4.78 is 0. The minimum Gasteiger partial charge on any atom is -0.354 e. The second-order valence-corrected chi connectivity index (χ2v) is 4.61. The quantitative estimate of drug-likeness (QED) is 0.865. The molecule has 3 rings (SSSR count). The number of hydrogen-bond donors (Lipinski definition) is 2. The van der Waals surface area contributed by atoms with Crippen LogP contribution in [0.4, 0.5) is 17.1 Å². The van der Waals surface area contributed by atoms with Crippen molar-refractivity contribution in [3.05, 3.63) is 53.1 Å². The highest BCUT2D eigenvalue weighted by molar-refractivity contribution is 6.33. The Hall–Kier alpha value is -2.00. The van der Waals surface area contributed by atoms with Gasteiger partial charge in [-0.2, -0.15) is 0 Å². The first-order valence-electron chi connectivity index (χ1n) is 5.67. The van der Waals surface area contributed by atoms with Crippen LogP contribution in [0.25, 0.3) is 0 Å². The Morgan fingerprint density at radius 1 is 1.17 bits per heavy atom. The number of carbonyl (C=O) groups excluding carboxylic acids is 1. The number of carbonyl (C=O) groups is 1. The second-order valence-electron chi connectivity index (χ2n) is 4.20. The minimum atomic E-state index is 0.0416. The molecule has 0 spiro atoms. The maximum Gasteiger partial charge on any atom is 0.228 e. The van der Waals surface area contributed by atoms with Crippen molar-refractivity contribution >= 4 is 34.6 Å². The summed E-state index contributed by atoms with van der Waals surface area (Å²) in [6, 6.07) is 13.4. The number of anilines is 3. The maximum absolute atomic E-state index is 11.3. The molecule has 2 N–H and O–H groups in total. The van der Waals surface area contributed by atoms with E-state index in [-0.39, 0.29) is 5.91 Å². The molecule has 2 aromatic carbocycles. The van der Waals surface area contributed by atoms with Crippen LogP contribution < -0.4 is 10.6 Å². The zero-order chi connectivity index (χ0) is 12.5. The van der Waals surface area contributed by atoms with Gasteiger partial charge in [-0.25, -0.2) is 0 Å². The first-order valence-corrected chi connectivity index (χ1v) is 6.04. The maximum atomic E-state index is 11.3. The standard InChI is InChI=1S/C14H11ClN2O/c15-11-3-1-2-4-13(11)16-10-5-6-12-9(7-10)8-14(18)17-12/h1-7,16H,8H2,(H,17,18). The number of rotatable bonds is 2. The Bertz CT molecular complexity index is 625. The van der Waals surface area contributed by atoms with Crippen LogP contribution in [-0.4, -0.2) is 5.91 Å². The van der Waals surface area contributed by atoms with Crippen molar-refractivity contribution in [2.24, 2.45) is 0 Å². The monoisotopic (exact) mass is 258 g/mol. The second kappa shape index (κ2) is 4.35. The zero-order valence-electron chi connectivity index (χ0n) is 9.53. The van der Waals surface area contributed by atoms with Gasteiger partial charge in [0.2, 0.25) is 5.91 Å². The number of hydrogen-bond acceptors (Lipinski definition) is 2. The molecule has 0 bridgehead atoms. The Morgan fingerprint density at radius 2 is 2.00 bits per heavy atom. The molecule has 0 unspecified atom stereocenters. The Morgan fingerprint density at radius 3 is 2.83 bits per heavy atom. The first kappa shape index (κ1) is 11.1. The largest absolute Gasteiger partial charge is 0.354 e. The molecule has 3 nitrogen and oxygen atoms in total. The fourth-order valence-electron chi connectivity index (χ4n) is 2.03. The molecular formula is C14H11ClN2O. The minimum absolute atomic E-state index is 0.0416. The van der Waals surface area contributed by atoms with Gasteiger partial charge in [0.1, 0.15) is 0 Å². The van der Waals surface area contributed by atoms with Crippen molar-refractivity contribution in [1.82, 2.24) is 0 Å². The fourth-order valence-corrected chi connectivity index (χ4v) is 2.21. The Balaban J connectivity index is 1.89. The van der Waals surface area contributed by atoms with Crippen LogP contribution in [0, 0.1) is 0 Å². The third kappa shape index (κ3) is 2.05. The molecule has 18 heavy (non-hydrogen) atoms. The van der Waals surface area contributed by atoms with Crippen molar-refractivity contribution in [1.29, 1.82) is 0 Å². The van der Waals surface area contributed by atoms with Gasteiger partial charge in [0, 0.05) is 11.4 Å². The summed E-state index contributed by atoms with van der Waals surface area (Å²) in [6.07, 6.45) is 0.438. The van der Waals surface area contributed by atoms with E-state index in [1.165, 1.54) is 0 Å². The average Bonchev–Trinajstić information content (AvgIpc) is 2.71. The highest BCUT2D eigenvalue weighted by Crippen LogP contribution is 2.29. The molecule has 0 aromatic heterocycles. The van der Waals surface area contributed by atoms with Gasteiger partial charge in [-0.15, -0.1) is 0 Å². The van der Waals surface area contributed by atoms with Gasteiger partial charge in [-0.3, -0.25) is 4.79 Å². The van der Waals surface area contributed by atoms with E-state index in [1.807, 2.05) is 42.5 Å². The van der Waals surface area contributed by atoms with Crippen LogP contribution in [0.2, 0.25) is 5.02 Å². The molecule has 1 aliphatic heterocycles. The van der Waals surface area contributed by atoms with Crippen LogP contribution in [0.1, 0.15) is 5.56 Å². The summed E-state index contributed by atoms with van der Waals surface area (Å²) in [4.78, 5) is 11.3. The number of amides is 1. The molecular weight excluding hydrogens is 248 g/mol. The SMILES string of the molecule is O=C1Cc2cc(Nc3ccccc3Cl)ccc2N1. The lowest BCUT2D eigenvalue weighted by Gasteiger charge is -2.09. The smallest absolute Gasteiger partial charge is 0.228 e. The summed E-state index contributed by atoms with van der Waals surface area (Å²) in [5.74, 6) is 0.0416. The highest BCUT2D eigenvalue weighted by Gasteiger charge is 2.17. The van der Waals surface area contributed by atoms with Gasteiger partial charge < -0.3 is 10.6 Å². The van der Waals surface area contributed by atoms with Crippen LogP contribution in [0.15, 0.2) is 42.5 Å². The van der Waals surface area contributed by atoms with Crippen molar-refractivity contribution in [2.45, 2.75) is 6.42 Å². The van der Waals surface area contributed by atoms with Gasteiger partial charge in [0.25, 0.3) is 0 Å². The number of nitrogens with one attached hydrogen (secondary N) is 2. The summed E-state index contributed by atoms with van der Waals surface area (Å²) >= 11 is 6.09. The van der Waals surface area contributed by atoms with Crippen molar-refractivity contribution in [3.63, 3.8) is 0 Å². The van der Waals surface area contributed by atoms with E-state index in [0.29, 0.717) is 11.4 Å². The van der Waals surface area contributed by atoms with Crippen molar-refractivity contribution in [2.75, 3.05) is 10.6 Å². The Labute approximate surface area is 110 Å². The third-order valence-corrected chi connectivity index (χ3v) is 3.21. The number of fused-ring (bicyclic) bond motifs is 1. The van der Waals surface area contributed by atoms with Gasteiger partial charge in [0.15, 0.2) is 0 Å². The lowest BCUT2D eigenvalue weighted by atomic mass is 10.1. The average molecular weight is 259 g/mol. The summed E-state index contributed by atoms with van der Waals surface area (Å²) in [7, 11) is 0. The Kier molecular flexibility index (Phi) is 2.68. The van der Waals surface area contributed by atoms with Crippen LogP contribution in [0.3, 0.4) is 0 Å². The predicted octanol–water partition coefficient (Wildman–Crippen LogP) is 3.58. The molecule has 1 heterocycles. The molecule has 0 aliphatic carbocycles. The molecule has 2 aromatic rings. The van der Waals surface area contributed by atoms with E-state index in [1.54, 1.807) is 0 Å². The van der Waals surface area contributed by atoms with E-state index in [0.717, 1.165) is 22.6 Å². The molecule has 1 aliphatic rings. The number of halogens is 1. The van der Waals surface area contributed by atoms with E-state index < -0.39 is 0 Å².